The van der Waals surface area contributed by atoms with Gasteiger partial charge >= 0.3 is 5.97 Å². The molecular weight excluding hydrogens is 246 g/mol. The Bertz CT molecular complexity index is 529. The molecule has 0 aliphatic carbocycles. The zero-order valence-corrected chi connectivity index (χ0v) is 10.8. The third-order valence-electron chi connectivity index (χ3n) is 2.48. The SMILES string of the molecule is CC/C(=C/COc1cc(C#N)cc(OC)c1)C(=O)O. The molecule has 1 aromatic carbocycles. The lowest BCUT2D eigenvalue weighted by Crippen LogP contribution is -2.03. The Labute approximate surface area is 111 Å². The quantitative estimate of drug-likeness (QED) is 0.795. The van der Waals surface area contributed by atoms with Crippen molar-refractivity contribution in [2.45, 2.75) is 13.3 Å². The number of nitrogens with zero attached hydrogens (tertiary/aromatic N) is 1. The van der Waals surface area contributed by atoms with Gasteiger partial charge in [-0.05, 0) is 24.6 Å². The molecular formula is C14H15NO4. The fourth-order valence-electron chi connectivity index (χ4n) is 1.46. The highest BCUT2D eigenvalue weighted by Gasteiger charge is 2.04. The number of aliphatic carboxylic acids is 1. The highest BCUT2D eigenvalue weighted by atomic mass is 16.5. The van der Waals surface area contributed by atoms with Crippen LogP contribution in [0.25, 0.3) is 0 Å². The number of benzene rings is 1. The highest BCUT2D eigenvalue weighted by Crippen LogP contribution is 2.22. The standard InChI is InChI=1S/C14H15NO4/c1-3-11(14(16)17)4-5-19-13-7-10(9-15)6-12(8-13)18-2/h4,6-8H,3,5H2,1-2H3,(H,16,17)/b11-4-. The van der Waals surface area contributed by atoms with E-state index in [1.54, 1.807) is 25.1 Å². The van der Waals surface area contributed by atoms with Gasteiger partial charge in [0.15, 0.2) is 0 Å². The molecule has 19 heavy (non-hydrogen) atoms. The first-order chi connectivity index (χ1) is 9.10. The van der Waals surface area contributed by atoms with E-state index in [1.165, 1.54) is 13.2 Å². The molecule has 0 heterocycles. The van der Waals surface area contributed by atoms with Crippen LogP contribution >= 0.6 is 0 Å². The van der Waals surface area contributed by atoms with Crippen LogP contribution in [0.15, 0.2) is 29.8 Å². The van der Waals surface area contributed by atoms with Crippen molar-refractivity contribution in [2.75, 3.05) is 13.7 Å². The maximum atomic E-state index is 10.8. The zero-order valence-electron chi connectivity index (χ0n) is 10.8. The van der Waals surface area contributed by atoms with Gasteiger partial charge in [-0.15, -0.1) is 0 Å². The predicted octanol–water partition coefficient (Wildman–Crippen LogP) is 2.37. The molecule has 0 aromatic heterocycles. The minimum absolute atomic E-state index is 0.132. The number of methoxy groups -OCH3 is 1. The topological polar surface area (TPSA) is 79.5 Å². The van der Waals surface area contributed by atoms with Crippen molar-refractivity contribution in [3.8, 4) is 17.6 Å². The largest absolute Gasteiger partial charge is 0.497 e. The fourth-order valence-corrected chi connectivity index (χ4v) is 1.46. The summed E-state index contributed by atoms with van der Waals surface area (Å²) >= 11 is 0. The number of rotatable bonds is 6. The third kappa shape index (κ3) is 4.36. The summed E-state index contributed by atoms with van der Waals surface area (Å²) in [5.74, 6) is 0.0365. The summed E-state index contributed by atoms with van der Waals surface area (Å²) in [5.41, 5.74) is 0.718. The van der Waals surface area contributed by atoms with Crippen LogP contribution in [0, 0.1) is 11.3 Å². The summed E-state index contributed by atoms with van der Waals surface area (Å²) in [6, 6.07) is 6.81. The van der Waals surface area contributed by atoms with Crippen LogP contribution in [0.3, 0.4) is 0 Å². The molecule has 0 unspecified atom stereocenters. The Kier molecular flexibility index (Phi) is 5.42. The molecule has 0 saturated heterocycles. The van der Waals surface area contributed by atoms with E-state index in [2.05, 4.69) is 0 Å². The lowest BCUT2D eigenvalue weighted by Gasteiger charge is -2.07. The molecule has 0 bridgehead atoms. The zero-order chi connectivity index (χ0) is 14.3. The van der Waals surface area contributed by atoms with Crippen molar-refractivity contribution in [3.05, 3.63) is 35.4 Å². The molecule has 0 radical (unpaired) electrons. The van der Waals surface area contributed by atoms with Crippen LogP contribution < -0.4 is 9.47 Å². The van der Waals surface area contributed by atoms with E-state index in [0.717, 1.165) is 0 Å². The van der Waals surface area contributed by atoms with Crippen LogP contribution in [0.4, 0.5) is 0 Å². The lowest BCUT2D eigenvalue weighted by molar-refractivity contribution is -0.132. The molecule has 0 atom stereocenters. The van der Waals surface area contributed by atoms with Crippen LogP contribution in [0.5, 0.6) is 11.5 Å². The Hall–Kier alpha value is -2.48. The molecule has 0 saturated carbocycles. The molecule has 0 fully saturated rings. The first-order valence-corrected chi connectivity index (χ1v) is 5.75. The predicted molar refractivity (Wildman–Crippen MR) is 69.2 cm³/mol. The molecule has 100 valence electrons. The van der Waals surface area contributed by atoms with Crippen molar-refractivity contribution >= 4 is 5.97 Å². The van der Waals surface area contributed by atoms with E-state index >= 15 is 0 Å². The average molecular weight is 261 g/mol. The van der Waals surface area contributed by atoms with E-state index in [-0.39, 0.29) is 6.61 Å². The monoisotopic (exact) mass is 261 g/mol. The highest BCUT2D eigenvalue weighted by molar-refractivity contribution is 5.86. The third-order valence-corrected chi connectivity index (χ3v) is 2.48. The van der Waals surface area contributed by atoms with Gasteiger partial charge in [-0.3, -0.25) is 0 Å². The molecule has 1 aromatic rings. The Morgan fingerprint density at radius 2 is 2.11 bits per heavy atom. The summed E-state index contributed by atoms with van der Waals surface area (Å²) in [4.78, 5) is 10.8. The second-order valence-electron chi connectivity index (χ2n) is 3.71. The molecule has 1 rings (SSSR count). The van der Waals surface area contributed by atoms with Gasteiger partial charge in [0.25, 0.3) is 0 Å². The minimum Gasteiger partial charge on any atom is -0.497 e. The summed E-state index contributed by atoms with van der Waals surface area (Å²) in [7, 11) is 1.50. The van der Waals surface area contributed by atoms with Crippen LogP contribution in [-0.2, 0) is 4.79 Å². The summed E-state index contributed by atoms with van der Waals surface area (Å²) in [6.45, 7) is 1.90. The Morgan fingerprint density at radius 1 is 1.42 bits per heavy atom. The normalized spacial score (nSPS) is 10.7. The first kappa shape index (κ1) is 14.6. The first-order valence-electron chi connectivity index (χ1n) is 5.75. The maximum absolute atomic E-state index is 10.8. The lowest BCUT2D eigenvalue weighted by atomic mass is 10.2. The minimum atomic E-state index is -0.950. The fraction of sp³-hybridized carbons (Fsp3) is 0.286. The molecule has 0 spiro atoms. The number of carbonyl (C=O) groups is 1. The van der Waals surface area contributed by atoms with Gasteiger partial charge < -0.3 is 14.6 Å². The number of hydrogen-bond donors (Lipinski definition) is 1. The van der Waals surface area contributed by atoms with Gasteiger partial charge in [0.1, 0.15) is 18.1 Å². The van der Waals surface area contributed by atoms with E-state index in [4.69, 9.17) is 19.8 Å². The maximum Gasteiger partial charge on any atom is 0.331 e. The number of carboxylic acids is 1. The molecule has 5 heteroatoms. The molecule has 5 nitrogen and oxygen atoms in total. The summed E-state index contributed by atoms with van der Waals surface area (Å²) < 4.78 is 10.4. The smallest absolute Gasteiger partial charge is 0.331 e. The number of carboxylic acid groups (broad SMARTS) is 1. The Morgan fingerprint density at radius 3 is 2.63 bits per heavy atom. The van der Waals surface area contributed by atoms with Crippen molar-refractivity contribution in [3.63, 3.8) is 0 Å². The van der Waals surface area contributed by atoms with Crippen molar-refractivity contribution < 1.29 is 19.4 Å². The van der Waals surface area contributed by atoms with Gasteiger partial charge in [-0.2, -0.15) is 5.26 Å². The number of hydrogen-bond acceptors (Lipinski definition) is 4. The molecule has 0 aliphatic heterocycles. The Balaban J connectivity index is 2.78. The second kappa shape index (κ2) is 7.07. The van der Waals surface area contributed by atoms with Crippen LogP contribution in [0.1, 0.15) is 18.9 Å². The van der Waals surface area contributed by atoms with Crippen molar-refractivity contribution in [1.29, 1.82) is 5.26 Å². The molecule has 1 N–H and O–H groups in total. The van der Waals surface area contributed by atoms with Gasteiger partial charge in [0.05, 0.1) is 18.7 Å². The van der Waals surface area contributed by atoms with Gasteiger partial charge in [-0.25, -0.2) is 4.79 Å². The second-order valence-corrected chi connectivity index (χ2v) is 3.71. The molecule has 0 aliphatic rings. The summed E-state index contributed by atoms with van der Waals surface area (Å²) in [6.07, 6.45) is 1.94. The number of nitriles is 1. The van der Waals surface area contributed by atoms with Gasteiger partial charge in [-0.1, -0.05) is 6.92 Å². The summed E-state index contributed by atoms with van der Waals surface area (Å²) in [5, 5.41) is 17.7. The average Bonchev–Trinajstić information content (AvgIpc) is 2.42. The van der Waals surface area contributed by atoms with Crippen LogP contribution in [-0.4, -0.2) is 24.8 Å². The van der Waals surface area contributed by atoms with Gasteiger partial charge in [0.2, 0.25) is 0 Å². The van der Waals surface area contributed by atoms with Crippen molar-refractivity contribution in [2.24, 2.45) is 0 Å². The van der Waals surface area contributed by atoms with Crippen molar-refractivity contribution in [1.82, 2.24) is 0 Å². The van der Waals surface area contributed by atoms with E-state index in [0.29, 0.717) is 29.1 Å². The van der Waals surface area contributed by atoms with E-state index in [9.17, 15) is 4.79 Å². The van der Waals surface area contributed by atoms with E-state index in [1.807, 2.05) is 6.07 Å². The van der Waals surface area contributed by atoms with Gasteiger partial charge in [0, 0.05) is 11.6 Å². The molecule has 0 amide bonds. The van der Waals surface area contributed by atoms with E-state index < -0.39 is 5.97 Å². The van der Waals surface area contributed by atoms with Crippen LogP contribution in [0.2, 0.25) is 0 Å². The number of ether oxygens (including phenoxy) is 2.